The molecule has 0 saturated carbocycles. The van der Waals surface area contributed by atoms with Crippen LogP contribution < -0.4 is 0 Å². The molecular formula is C40H22N2O2S2. The van der Waals surface area contributed by atoms with E-state index in [-0.39, 0.29) is 0 Å². The fourth-order valence-corrected chi connectivity index (χ4v) is 8.37. The lowest BCUT2D eigenvalue weighted by molar-refractivity contribution is 0.619. The molecule has 0 aliphatic rings. The summed E-state index contributed by atoms with van der Waals surface area (Å²) in [6.07, 6.45) is 0. The van der Waals surface area contributed by atoms with Crippen LogP contribution in [0.2, 0.25) is 0 Å². The first-order chi connectivity index (χ1) is 22.7. The van der Waals surface area contributed by atoms with Crippen LogP contribution >= 0.6 is 22.7 Å². The van der Waals surface area contributed by atoms with Crippen molar-refractivity contribution < 1.29 is 8.83 Å². The summed E-state index contributed by atoms with van der Waals surface area (Å²) >= 11 is 3.57. The molecule has 6 heteroatoms. The normalized spacial score (nSPS) is 11.9. The number of fused-ring (bicyclic) bond motifs is 5. The van der Waals surface area contributed by atoms with Crippen molar-refractivity contribution >= 4 is 75.8 Å². The molecule has 0 amide bonds. The summed E-state index contributed by atoms with van der Waals surface area (Å²) in [5, 5.41) is 4.50. The summed E-state index contributed by atoms with van der Waals surface area (Å²) in [5.41, 5.74) is 7.52. The molecule has 0 saturated heterocycles. The average Bonchev–Trinajstić information content (AvgIpc) is 3.90. The lowest BCUT2D eigenvalue weighted by Gasteiger charge is -1.96. The number of thiophene rings is 2. The predicted octanol–water partition coefficient (Wildman–Crippen LogP) is 12.2. The van der Waals surface area contributed by atoms with E-state index in [2.05, 4.69) is 121 Å². The molecule has 4 aromatic heterocycles. The van der Waals surface area contributed by atoms with E-state index in [1.54, 1.807) is 22.7 Å². The molecule has 6 aromatic carbocycles. The molecule has 4 nitrogen and oxygen atoms in total. The van der Waals surface area contributed by atoms with Crippen LogP contribution in [0.3, 0.4) is 0 Å². The van der Waals surface area contributed by atoms with E-state index < -0.39 is 0 Å². The number of benzene rings is 6. The molecule has 0 aliphatic carbocycles. The third-order valence-electron chi connectivity index (χ3n) is 8.50. The van der Waals surface area contributed by atoms with Crippen molar-refractivity contribution in [2.45, 2.75) is 0 Å². The van der Waals surface area contributed by atoms with Crippen LogP contribution in [0.15, 0.2) is 142 Å². The number of rotatable bonds is 4. The highest BCUT2D eigenvalue weighted by atomic mass is 32.1. The van der Waals surface area contributed by atoms with Gasteiger partial charge in [0, 0.05) is 30.3 Å². The van der Waals surface area contributed by atoms with E-state index in [1.807, 2.05) is 12.1 Å². The SMILES string of the molecule is c1ccc(-c2cc3ccc(-c4nc5cc6cc7oc(-c8ccc9cc(-c%10ccccc%10)sc9c8)nc7cc6cc5o4)cc3s2)cc1. The molecule has 0 aliphatic heterocycles. The van der Waals surface area contributed by atoms with Crippen LogP contribution in [0.4, 0.5) is 0 Å². The second-order valence-electron chi connectivity index (χ2n) is 11.5. The van der Waals surface area contributed by atoms with E-state index in [0.717, 1.165) is 44.1 Å². The molecule has 10 aromatic rings. The van der Waals surface area contributed by atoms with Crippen LogP contribution in [0, 0.1) is 0 Å². The quantitative estimate of drug-likeness (QED) is 0.195. The monoisotopic (exact) mass is 626 g/mol. The number of oxazole rings is 2. The average molecular weight is 627 g/mol. The zero-order valence-corrected chi connectivity index (χ0v) is 25.9. The van der Waals surface area contributed by atoms with Crippen LogP contribution in [0.1, 0.15) is 0 Å². The topological polar surface area (TPSA) is 52.1 Å². The molecule has 46 heavy (non-hydrogen) atoms. The summed E-state index contributed by atoms with van der Waals surface area (Å²) in [6.45, 7) is 0. The molecule has 0 atom stereocenters. The molecule has 0 fully saturated rings. The Morgan fingerprint density at radius 1 is 0.391 bits per heavy atom. The number of aromatic nitrogens is 2. The van der Waals surface area contributed by atoms with Gasteiger partial charge >= 0.3 is 0 Å². The van der Waals surface area contributed by atoms with E-state index in [4.69, 9.17) is 18.8 Å². The van der Waals surface area contributed by atoms with E-state index in [1.165, 1.54) is 41.1 Å². The van der Waals surface area contributed by atoms with E-state index >= 15 is 0 Å². The Bertz CT molecular complexity index is 2490. The van der Waals surface area contributed by atoms with Crippen molar-refractivity contribution in [2.75, 3.05) is 0 Å². The fraction of sp³-hybridized carbons (Fsp3) is 0. The Morgan fingerprint density at radius 2 is 0.848 bits per heavy atom. The first-order valence-corrected chi connectivity index (χ1v) is 16.7. The first kappa shape index (κ1) is 25.7. The minimum atomic E-state index is 0.616. The van der Waals surface area contributed by atoms with Gasteiger partial charge in [0.2, 0.25) is 11.8 Å². The third-order valence-corrected chi connectivity index (χ3v) is 10.8. The van der Waals surface area contributed by atoms with Crippen LogP contribution in [0.25, 0.3) is 96.9 Å². The fourth-order valence-electron chi connectivity index (χ4n) is 6.16. The number of hydrogen-bond acceptors (Lipinski definition) is 6. The maximum absolute atomic E-state index is 6.31. The Hall–Kier alpha value is -5.56. The molecule has 0 bridgehead atoms. The Morgan fingerprint density at radius 3 is 1.30 bits per heavy atom. The molecule has 0 radical (unpaired) electrons. The van der Waals surface area contributed by atoms with Gasteiger partial charge in [-0.3, -0.25) is 0 Å². The van der Waals surface area contributed by atoms with Crippen molar-refractivity contribution in [3.63, 3.8) is 0 Å². The van der Waals surface area contributed by atoms with Gasteiger partial charge in [0.15, 0.2) is 11.2 Å². The molecule has 216 valence electrons. The summed E-state index contributed by atoms with van der Waals surface area (Å²) in [7, 11) is 0. The predicted molar refractivity (Wildman–Crippen MR) is 192 cm³/mol. The van der Waals surface area contributed by atoms with Crippen molar-refractivity contribution in [1.82, 2.24) is 9.97 Å². The van der Waals surface area contributed by atoms with Crippen LogP contribution in [-0.4, -0.2) is 9.97 Å². The minimum absolute atomic E-state index is 0.616. The van der Waals surface area contributed by atoms with Crippen molar-refractivity contribution in [1.29, 1.82) is 0 Å². The summed E-state index contributed by atoms with van der Waals surface area (Å²) < 4.78 is 15.0. The first-order valence-electron chi connectivity index (χ1n) is 15.0. The maximum Gasteiger partial charge on any atom is 0.227 e. The van der Waals surface area contributed by atoms with Crippen molar-refractivity contribution in [2.24, 2.45) is 0 Å². The second kappa shape index (κ2) is 9.97. The highest BCUT2D eigenvalue weighted by molar-refractivity contribution is 7.22. The zero-order valence-electron chi connectivity index (χ0n) is 24.2. The van der Waals surface area contributed by atoms with Gasteiger partial charge in [-0.15, -0.1) is 22.7 Å². The van der Waals surface area contributed by atoms with Gasteiger partial charge < -0.3 is 8.83 Å². The van der Waals surface area contributed by atoms with Crippen LogP contribution in [-0.2, 0) is 0 Å². The van der Waals surface area contributed by atoms with E-state index in [0.29, 0.717) is 11.8 Å². The summed E-state index contributed by atoms with van der Waals surface area (Å²) in [5.74, 6) is 1.23. The van der Waals surface area contributed by atoms with Gasteiger partial charge in [-0.05, 0) is 93.3 Å². The number of nitrogens with zero attached hydrogens (tertiary/aromatic N) is 2. The highest BCUT2D eigenvalue weighted by Gasteiger charge is 2.15. The van der Waals surface area contributed by atoms with Gasteiger partial charge in [0.05, 0.1) is 0 Å². The van der Waals surface area contributed by atoms with E-state index in [9.17, 15) is 0 Å². The third kappa shape index (κ3) is 4.26. The van der Waals surface area contributed by atoms with Crippen molar-refractivity contribution in [3.05, 3.63) is 133 Å². The molecular weight excluding hydrogens is 605 g/mol. The van der Waals surface area contributed by atoms with Gasteiger partial charge in [-0.1, -0.05) is 72.8 Å². The Kier molecular flexibility index (Phi) is 5.58. The summed E-state index contributed by atoms with van der Waals surface area (Å²) in [6, 6.07) is 46.5. The van der Waals surface area contributed by atoms with Gasteiger partial charge in [-0.25, -0.2) is 9.97 Å². The molecule has 10 rings (SSSR count). The van der Waals surface area contributed by atoms with Gasteiger partial charge in [0.1, 0.15) is 11.0 Å². The van der Waals surface area contributed by atoms with Gasteiger partial charge in [-0.2, -0.15) is 0 Å². The van der Waals surface area contributed by atoms with Crippen molar-refractivity contribution in [3.8, 4) is 43.8 Å². The number of hydrogen-bond donors (Lipinski definition) is 0. The van der Waals surface area contributed by atoms with Crippen LogP contribution in [0.5, 0.6) is 0 Å². The van der Waals surface area contributed by atoms with Gasteiger partial charge in [0.25, 0.3) is 0 Å². The minimum Gasteiger partial charge on any atom is -0.436 e. The molecule has 0 N–H and O–H groups in total. The second-order valence-corrected chi connectivity index (χ2v) is 13.7. The smallest absolute Gasteiger partial charge is 0.227 e. The highest BCUT2D eigenvalue weighted by Crippen LogP contribution is 2.39. The molecule has 0 spiro atoms. The summed E-state index contributed by atoms with van der Waals surface area (Å²) in [4.78, 5) is 12.3. The molecule has 4 heterocycles. The Labute approximate surface area is 270 Å². The maximum atomic E-state index is 6.31. The largest absolute Gasteiger partial charge is 0.436 e. The zero-order chi connectivity index (χ0) is 30.2. The lowest BCUT2D eigenvalue weighted by atomic mass is 10.1. The Balaban J connectivity index is 0.995. The lowest BCUT2D eigenvalue weighted by Crippen LogP contribution is -1.77. The molecule has 0 unspecified atom stereocenters. The standard InChI is InChI=1S/C40H22N2O2S2/c1-3-7-23(8-4-1)35-19-25-11-13-27(21-37(25)45-35)39-41-31-15-29-18-34-32(16-30(29)17-33(31)43-39)42-40(44-34)28-14-12-26-20-36(46-38(26)22-28)24-9-5-2-6-10-24/h1-22H.